The number of benzene rings is 4. The molecule has 498 valence electrons. The summed E-state index contributed by atoms with van der Waals surface area (Å²) in [6, 6.07) is 30.9. The Morgan fingerprint density at radius 3 is 1.18 bits per heavy atom. The van der Waals surface area contributed by atoms with Crippen LogP contribution in [-0.4, -0.2) is 111 Å². The van der Waals surface area contributed by atoms with Gasteiger partial charge in [-0.15, -0.1) is 15.0 Å². The molecule has 27 heteroatoms. The van der Waals surface area contributed by atoms with E-state index in [1.165, 1.54) is 32.0 Å². The molecule has 0 saturated heterocycles. The maximum absolute atomic E-state index is 12.5. The summed E-state index contributed by atoms with van der Waals surface area (Å²) in [7, 11) is -2.04. The summed E-state index contributed by atoms with van der Waals surface area (Å²) in [5.41, 5.74) is 3.62. The fourth-order valence-electron chi connectivity index (χ4n) is 8.73. The molecule has 4 aliphatic carbocycles. The number of rotatable bonds is 7. The van der Waals surface area contributed by atoms with Crippen LogP contribution in [0.25, 0.3) is 5.76 Å². The third-order valence-corrected chi connectivity index (χ3v) is 15.3. The van der Waals surface area contributed by atoms with E-state index >= 15 is 0 Å². The molecular weight excluding hydrogens is 1430 g/mol. The second-order valence-corrected chi connectivity index (χ2v) is 32.6. The SMILES string of the molecule is C#CC(C)O[Si](C)(C)C.CC(=O)c1cc2c(o1)C(=O)c1ccccc1C2=O.CC(O)c1cc2c(o1)C(=O)c1ccccc1C2=O.CC(O[Si](C)(C)C)c1cc2c(o1)C(=O)c1ccccc1C2=O.CPC.O=C1C(=O)c2ccccc2C(O)=C1Br.O=CC(F)(F)F.[Cu].[O]=[Cu]. The molecule has 2 N–H and O–H groups in total. The van der Waals surface area contributed by atoms with Crippen molar-refractivity contribution in [3.8, 4) is 12.3 Å². The predicted octanol–water partition coefficient (Wildman–Crippen LogP) is 13.8. The van der Waals surface area contributed by atoms with Crippen LogP contribution < -0.4 is 0 Å². The number of fused-ring (bicyclic) bond motifs is 7. The van der Waals surface area contributed by atoms with Crippen LogP contribution in [0.15, 0.2) is 133 Å². The molecule has 0 bridgehead atoms. The van der Waals surface area contributed by atoms with Gasteiger partial charge in [0.1, 0.15) is 40.1 Å². The van der Waals surface area contributed by atoms with E-state index in [-0.39, 0.29) is 125 Å². The average molecular weight is 1500 g/mol. The molecule has 4 aliphatic rings. The van der Waals surface area contributed by atoms with Crippen molar-refractivity contribution in [2.45, 2.75) is 91.5 Å². The van der Waals surface area contributed by atoms with Gasteiger partial charge in [0.15, 0.2) is 62.8 Å². The van der Waals surface area contributed by atoms with Gasteiger partial charge >= 0.3 is 26.0 Å². The summed E-state index contributed by atoms with van der Waals surface area (Å²) < 4.78 is 66.6. The van der Waals surface area contributed by atoms with E-state index in [4.69, 9.17) is 37.2 Å². The van der Waals surface area contributed by atoms with Crippen LogP contribution in [0.3, 0.4) is 0 Å². The molecule has 1 radical (unpaired) electrons. The second-order valence-electron chi connectivity index (χ2n) is 21.9. The van der Waals surface area contributed by atoms with Gasteiger partial charge in [-0.2, -0.15) is 13.2 Å². The number of furan rings is 3. The molecule has 3 aromatic heterocycles. The van der Waals surface area contributed by atoms with E-state index in [1.54, 1.807) is 97.1 Å². The van der Waals surface area contributed by atoms with Crippen molar-refractivity contribution in [1.82, 2.24) is 0 Å². The Bertz CT molecular complexity index is 3910. The molecule has 3 unspecified atom stereocenters. The Labute approximate surface area is 564 Å². The number of carbonyl (C=O) groups excluding carboxylic acids is 10. The molecule has 7 aromatic rings. The van der Waals surface area contributed by atoms with Crippen LogP contribution in [0.2, 0.25) is 39.3 Å². The molecule has 3 atom stereocenters. The second kappa shape index (κ2) is 34.5. The monoisotopic (exact) mass is 1490 g/mol. The number of carbonyl (C=O) groups is 10. The third kappa shape index (κ3) is 20.4. The summed E-state index contributed by atoms with van der Waals surface area (Å²) in [5.74, 6) is 0.0655. The van der Waals surface area contributed by atoms with Gasteiger partial charge in [0.2, 0.25) is 35.2 Å². The number of hydrogen-bond acceptors (Lipinski definition) is 18. The summed E-state index contributed by atoms with van der Waals surface area (Å²) in [4.78, 5) is 116. The van der Waals surface area contributed by atoms with Gasteiger partial charge < -0.3 is 32.3 Å². The molecule has 0 saturated carbocycles. The normalized spacial score (nSPS) is 13.9. The topological polar surface area (TPSA) is 286 Å². The first-order valence-electron chi connectivity index (χ1n) is 27.5. The number of aliphatic hydroxyl groups is 2. The van der Waals surface area contributed by atoms with Crippen LogP contribution in [0, 0.1) is 12.3 Å². The van der Waals surface area contributed by atoms with Crippen molar-refractivity contribution in [1.29, 1.82) is 0 Å². The third-order valence-electron chi connectivity index (χ3n) is 12.5. The first kappa shape index (κ1) is 79.6. The van der Waals surface area contributed by atoms with Gasteiger partial charge in [-0.1, -0.05) is 103 Å². The van der Waals surface area contributed by atoms with Crippen molar-refractivity contribution < 1.29 is 130 Å². The number of halogens is 4. The number of alkyl halides is 3. The van der Waals surface area contributed by atoms with Gasteiger partial charge in [0, 0.05) is 68.5 Å². The Morgan fingerprint density at radius 2 is 0.871 bits per heavy atom. The standard InChI is InChI=1S/C17H18O4Si.C14H10O4.C14H8O4.C10H5BrO3.C7H14OSi.C2HF3O.C2H7P.2Cu.O/c1-10(21-22(2,3)4)14-9-13-15(18)11-7-5-6-8-12(11)16(19)17(13)20-14;2*1-7(15)11-6-10-12(16)8-4-2-3-5-9(8)13(17)14(10)18-11;11-7-8(12)5-3-1-2-4-6(5)9(13)10(7)14;1-6-7(2)8-9(3,4)5;3-2(4,5)1-6;1-3-2;;;/h5-10H,1-4H3;2-7,15H,1H3;2-6H,1H3;1-4,12H;1,7H,2-5H3;1H;3H,1-2H3;;;. The Morgan fingerprint density at radius 1 is 0.570 bits per heavy atom. The van der Waals surface area contributed by atoms with E-state index < -0.39 is 46.8 Å². The Balaban J connectivity index is 0.000000296. The average Bonchev–Trinajstić information content (AvgIpc) is 1.71. The number of aldehydes is 1. The fourth-order valence-corrected chi connectivity index (χ4v) is 11.4. The van der Waals surface area contributed by atoms with Crippen LogP contribution in [-0.2, 0) is 55.3 Å². The van der Waals surface area contributed by atoms with E-state index in [0.29, 0.717) is 50.3 Å². The maximum atomic E-state index is 12.5. The minimum atomic E-state index is -4.64. The minimum absolute atomic E-state index is 0. The number of terminal acetylenes is 1. The molecule has 0 fully saturated rings. The van der Waals surface area contributed by atoms with Crippen molar-refractivity contribution in [3.63, 3.8) is 0 Å². The van der Waals surface area contributed by atoms with Gasteiger partial charge in [-0.3, -0.25) is 47.9 Å². The number of ketones is 9. The van der Waals surface area contributed by atoms with Crippen LogP contribution >= 0.6 is 24.5 Å². The molecule has 3 heterocycles. The fraction of sp³-hybridized carbons (Fsp3) is 0.242. The number of Topliss-reactive ketones (excluding diaryl/α,β-unsaturated/α-hetero) is 3. The van der Waals surface area contributed by atoms with E-state index in [1.807, 2.05) is 13.8 Å². The van der Waals surface area contributed by atoms with Crippen LogP contribution in [0.5, 0.6) is 0 Å². The van der Waals surface area contributed by atoms with E-state index in [0.717, 1.165) is 8.58 Å². The van der Waals surface area contributed by atoms with Crippen molar-refractivity contribution >= 4 is 105 Å². The Hall–Kier alpha value is -7.63. The zero-order valence-corrected chi connectivity index (χ0v) is 58.4. The van der Waals surface area contributed by atoms with Gasteiger partial charge in [-0.25, -0.2) is 0 Å². The zero-order chi connectivity index (χ0) is 69.5. The number of aliphatic hydroxyl groups excluding tert-OH is 2. The van der Waals surface area contributed by atoms with E-state index in [2.05, 4.69) is 90.4 Å². The summed E-state index contributed by atoms with van der Waals surface area (Å²) in [6.07, 6.45) is -1.72. The number of allylic oxidation sites excluding steroid dienone is 1. The van der Waals surface area contributed by atoms with Crippen molar-refractivity contribution in [2.75, 3.05) is 13.3 Å². The molecule has 0 aliphatic heterocycles. The molecule has 4 aromatic carbocycles. The van der Waals surface area contributed by atoms with Gasteiger partial charge in [0.25, 0.3) is 0 Å². The summed E-state index contributed by atoms with van der Waals surface area (Å²) >= 11 is 5.83. The predicted molar refractivity (Wildman–Crippen MR) is 339 cm³/mol. The zero-order valence-electron chi connectivity index (χ0n) is 51.9. The van der Waals surface area contributed by atoms with Crippen molar-refractivity contribution in [2.24, 2.45) is 0 Å². The molecule has 11 rings (SSSR count). The molecular formula is C66H63BrCu2F3O18PSi2. The van der Waals surface area contributed by atoms with Gasteiger partial charge in [0.05, 0.1) is 16.7 Å². The number of hydrogen-bond donors (Lipinski definition) is 2. The Kier molecular flexibility index (Phi) is 29.5. The molecule has 18 nitrogen and oxygen atoms in total. The first-order chi connectivity index (χ1) is 43.0. The van der Waals surface area contributed by atoms with Crippen molar-refractivity contribution in [3.05, 3.63) is 216 Å². The van der Waals surface area contributed by atoms with Crippen LogP contribution in [0.1, 0.15) is 174 Å². The first-order valence-corrected chi connectivity index (χ1v) is 37.5. The summed E-state index contributed by atoms with van der Waals surface area (Å²) in [6.45, 7) is 23.6. The molecule has 0 spiro atoms. The molecule has 93 heavy (non-hydrogen) atoms. The molecule has 0 amide bonds. The summed E-state index contributed by atoms with van der Waals surface area (Å²) in [5, 5.41) is 19.0. The van der Waals surface area contributed by atoms with E-state index in [9.17, 15) is 66.5 Å². The quantitative estimate of drug-likeness (QED) is 0.0374. The van der Waals surface area contributed by atoms with Crippen LogP contribution in [0.4, 0.5) is 13.2 Å². The van der Waals surface area contributed by atoms with Gasteiger partial charge in [-0.05, 0) is 108 Å².